The Hall–Kier alpha value is -1.24. The van der Waals surface area contributed by atoms with E-state index in [1.54, 1.807) is 0 Å². The molecule has 4 nitrogen and oxygen atoms in total. The lowest BCUT2D eigenvalue weighted by Crippen LogP contribution is -2.08. The fraction of sp³-hybridized carbons (Fsp3) is 0.250. The summed E-state index contributed by atoms with van der Waals surface area (Å²) in [5.74, 6) is -1.73. The van der Waals surface area contributed by atoms with Crippen molar-refractivity contribution in [3.05, 3.63) is 21.9 Å². The van der Waals surface area contributed by atoms with E-state index in [0.29, 0.717) is 0 Å². The number of methoxy groups -OCH3 is 1. The summed E-state index contributed by atoms with van der Waals surface area (Å²) in [6.45, 7) is 0. The average Bonchev–Trinajstić information content (AvgIpc) is 2.16. The van der Waals surface area contributed by atoms with Gasteiger partial charge in [-0.3, -0.25) is 0 Å². The number of halogens is 3. The van der Waals surface area contributed by atoms with E-state index in [1.165, 1.54) is 7.11 Å². The third-order valence-electron chi connectivity index (χ3n) is 1.65. The minimum atomic E-state index is -2.96. The first-order valence-corrected chi connectivity index (χ1v) is 4.52. The molecule has 0 spiro atoms. The molecule has 0 atom stereocenters. The SMILES string of the molecule is COc1c(Br)cnc(C(=O)O)c1C(F)F. The van der Waals surface area contributed by atoms with Gasteiger partial charge in [-0.2, -0.15) is 0 Å². The van der Waals surface area contributed by atoms with Gasteiger partial charge in [0, 0.05) is 6.20 Å². The van der Waals surface area contributed by atoms with Crippen LogP contribution in [0.2, 0.25) is 0 Å². The van der Waals surface area contributed by atoms with Gasteiger partial charge in [-0.15, -0.1) is 0 Å². The number of pyridine rings is 1. The molecule has 0 radical (unpaired) electrons. The van der Waals surface area contributed by atoms with Crippen molar-refractivity contribution < 1.29 is 23.4 Å². The topological polar surface area (TPSA) is 59.4 Å². The predicted octanol–water partition coefficient (Wildman–Crippen LogP) is 2.49. The highest BCUT2D eigenvalue weighted by Gasteiger charge is 2.26. The standard InChI is InChI=1S/C8H6BrF2NO3/c1-15-6-3(9)2-12-5(8(13)14)4(6)7(10)11/h2,7H,1H3,(H,13,14). The number of rotatable bonds is 3. The smallest absolute Gasteiger partial charge is 0.355 e. The zero-order valence-electron chi connectivity index (χ0n) is 7.50. The quantitative estimate of drug-likeness (QED) is 0.925. The molecule has 1 N–H and O–H groups in total. The van der Waals surface area contributed by atoms with Crippen LogP contribution in [0.3, 0.4) is 0 Å². The van der Waals surface area contributed by atoms with Crippen LogP contribution in [0.15, 0.2) is 10.7 Å². The fourth-order valence-corrected chi connectivity index (χ4v) is 1.54. The molecule has 0 amide bonds. The summed E-state index contributed by atoms with van der Waals surface area (Å²) < 4.78 is 30.1. The van der Waals surface area contributed by atoms with Gasteiger partial charge in [-0.1, -0.05) is 0 Å². The zero-order valence-corrected chi connectivity index (χ0v) is 9.09. The largest absolute Gasteiger partial charge is 0.495 e. The number of carboxylic acid groups (broad SMARTS) is 1. The van der Waals surface area contributed by atoms with Gasteiger partial charge in [0.2, 0.25) is 0 Å². The monoisotopic (exact) mass is 281 g/mol. The van der Waals surface area contributed by atoms with Crippen LogP contribution in [-0.2, 0) is 0 Å². The molecular weight excluding hydrogens is 276 g/mol. The number of carbonyl (C=O) groups is 1. The number of carboxylic acids is 1. The van der Waals surface area contributed by atoms with E-state index in [9.17, 15) is 13.6 Å². The molecule has 7 heteroatoms. The van der Waals surface area contributed by atoms with Gasteiger partial charge in [0.25, 0.3) is 6.43 Å². The van der Waals surface area contributed by atoms with E-state index in [1.807, 2.05) is 0 Å². The van der Waals surface area contributed by atoms with Crippen molar-refractivity contribution in [1.82, 2.24) is 4.98 Å². The molecule has 1 heterocycles. The third-order valence-corrected chi connectivity index (χ3v) is 2.21. The van der Waals surface area contributed by atoms with Crippen molar-refractivity contribution in [3.8, 4) is 5.75 Å². The predicted molar refractivity (Wildman–Crippen MR) is 50.4 cm³/mol. The summed E-state index contributed by atoms with van der Waals surface area (Å²) >= 11 is 2.95. The van der Waals surface area contributed by atoms with Crippen LogP contribution in [0.4, 0.5) is 8.78 Å². The molecule has 0 aromatic carbocycles. The Kier molecular flexibility index (Phi) is 3.57. The summed E-state index contributed by atoms with van der Waals surface area (Å²) in [7, 11) is 1.18. The van der Waals surface area contributed by atoms with Gasteiger partial charge in [0.05, 0.1) is 17.1 Å². The van der Waals surface area contributed by atoms with Crippen molar-refractivity contribution in [2.45, 2.75) is 6.43 Å². The van der Waals surface area contributed by atoms with Gasteiger partial charge in [-0.05, 0) is 15.9 Å². The first-order chi connectivity index (χ1) is 6.99. The lowest BCUT2D eigenvalue weighted by molar-refractivity contribution is 0.0675. The van der Waals surface area contributed by atoms with Crippen LogP contribution < -0.4 is 4.74 Å². The number of alkyl halides is 2. The number of aromatic nitrogens is 1. The average molecular weight is 282 g/mol. The first kappa shape index (κ1) is 11.8. The summed E-state index contributed by atoms with van der Waals surface area (Å²) in [6, 6.07) is 0. The molecule has 1 rings (SSSR count). The van der Waals surface area contributed by atoms with Gasteiger partial charge >= 0.3 is 5.97 Å². The van der Waals surface area contributed by atoms with Crippen LogP contribution in [0.5, 0.6) is 5.75 Å². The van der Waals surface area contributed by atoms with E-state index >= 15 is 0 Å². The van der Waals surface area contributed by atoms with Crippen LogP contribution in [0.1, 0.15) is 22.5 Å². The molecule has 0 fully saturated rings. The molecule has 1 aromatic heterocycles. The third kappa shape index (κ3) is 2.23. The van der Waals surface area contributed by atoms with Crippen molar-refractivity contribution in [3.63, 3.8) is 0 Å². The summed E-state index contributed by atoms with van der Waals surface area (Å²) in [5, 5.41) is 8.66. The summed E-state index contributed by atoms with van der Waals surface area (Å²) in [6.07, 6.45) is -1.86. The minimum Gasteiger partial charge on any atom is -0.495 e. The van der Waals surface area contributed by atoms with E-state index in [-0.39, 0.29) is 10.2 Å². The molecule has 15 heavy (non-hydrogen) atoms. The first-order valence-electron chi connectivity index (χ1n) is 3.72. The van der Waals surface area contributed by atoms with Crippen LogP contribution in [0, 0.1) is 0 Å². The molecule has 0 saturated heterocycles. The number of nitrogens with zero attached hydrogens (tertiary/aromatic N) is 1. The van der Waals surface area contributed by atoms with Crippen LogP contribution in [-0.4, -0.2) is 23.2 Å². The molecule has 0 aliphatic heterocycles. The Bertz CT molecular complexity index is 398. The molecule has 82 valence electrons. The van der Waals surface area contributed by atoms with E-state index < -0.39 is 23.7 Å². The Morgan fingerprint density at radius 3 is 2.67 bits per heavy atom. The maximum absolute atomic E-state index is 12.6. The Labute approximate surface area is 92.0 Å². The normalized spacial score (nSPS) is 10.5. The summed E-state index contributed by atoms with van der Waals surface area (Å²) in [5.41, 5.74) is -1.43. The molecule has 0 saturated carbocycles. The second kappa shape index (κ2) is 4.52. The van der Waals surface area contributed by atoms with Crippen molar-refractivity contribution in [1.29, 1.82) is 0 Å². The van der Waals surface area contributed by atoms with E-state index in [0.717, 1.165) is 6.20 Å². The lowest BCUT2D eigenvalue weighted by Gasteiger charge is -2.11. The molecule has 1 aromatic rings. The highest BCUT2D eigenvalue weighted by atomic mass is 79.9. The zero-order chi connectivity index (χ0) is 11.6. The maximum atomic E-state index is 12.6. The van der Waals surface area contributed by atoms with Gasteiger partial charge < -0.3 is 9.84 Å². The van der Waals surface area contributed by atoms with Crippen molar-refractivity contribution >= 4 is 21.9 Å². The van der Waals surface area contributed by atoms with Gasteiger partial charge in [-0.25, -0.2) is 18.6 Å². The Balaban J connectivity index is 3.49. The molecule has 0 bridgehead atoms. The van der Waals surface area contributed by atoms with Gasteiger partial charge in [0.1, 0.15) is 5.75 Å². The maximum Gasteiger partial charge on any atom is 0.355 e. The molecule has 0 aliphatic carbocycles. The van der Waals surface area contributed by atoms with Crippen molar-refractivity contribution in [2.75, 3.05) is 7.11 Å². The van der Waals surface area contributed by atoms with E-state index in [2.05, 4.69) is 20.9 Å². The minimum absolute atomic E-state index is 0.185. The fourth-order valence-electron chi connectivity index (χ4n) is 1.07. The molecular formula is C8H6BrF2NO3. The van der Waals surface area contributed by atoms with Gasteiger partial charge in [0.15, 0.2) is 5.69 Å². The van der Waals surface area contributed by atoms with Crippen LogP contribution in [0.25, 0.3) is 0 Å². The Morgan fingerprint density at radius 1 is 1.67 bits per heavy atom. The van der Waals surface area contributed by atoms with Crippen LogP contribution >= 0.6 is 15.9 Å². The van der Waals surface area contributed by atoms with E-state index in [4.69, 9.17) is 9.84 Å². The van der Waals surface area contributed by atoms with Crippen molar-refractivity contribution in [2.24, 2.45) is 0 Å². The summed E-state index contributed by atoms with van der Waals surface area (Å²) in [4.78, 5) is 14.0. The molecule has 0 unspecified atom stereocenters. The second-order valence-corrected chi connectivity index (χ2v) is 3.36. The Morgan fingerprint density at radius 2 is 2.27 bits per heavy atom. The number of hydrogen-bond acceptors (Lipinski definition) is 3. The number of ether oxygens (including phenoxy) is 1. The molecule has 0 aliphatic rings. The number of aromatic carboxylic acids is 1. The highest BCUT2D eigenvalue weighted by molar-refractivity contribution is 9.10. The highest BCUT2D eigenvalue weighted by Crippen LogP contribution is 2.36. The lowest BCUT2D eigenvalue weighted by atomic mass is 10.2. The number of hydrogen-bond donors (Lipinski definition) is 1. The second-order valence-electron chi connectivity index (χ2n) is 2.51.